The fraction of sp³-hybridized carbons (Fsp3) is 0.345. The van der Waals surface area contributed by atoms with Crippen molar-refractivity contribution in [1.29, 1.82) is 0 Å². The van der Waals surface area contributed by atoms with Crippen LogP contribution in [0.4, 0.5) is 18.0 Å². The van der Waals surface area contributed by atoms with Crippen LogP contribution in [0, 0.1) is 0 Å². The molecule has 0 atom stereocenters. The molecule has 6 nitrogen and oxygen atoms in total. The van der Waals surface area contributed by atoms with E-state index in [1.54, 1.807) is 20.8 Å². The number of allylic oxidation sites excluding steroid dienone is 1. The molecular weight excluding hydrogens is 531 g/mol. The molecule has 0 spiro atoms. The van der Waals surface area contributed by atoms with Crippen molar-refractivity contribution in [3.8, 4) is 11.1 Å². The number of nitrogens with zero attached hydrogens (tertiary/aromatic N) is 1. The predicted molar refractivity (Wildman–Crippen MR) is 143 cm³/mol. The minimum Gasteiger partial charge on any atom is -0.443 e. The molecule has 0 N–H and O–H groups in total. The molecule has 5 rings (SSSR count). The highest BCUT2D eigenvalue weighted by molar-refractivity contribution is 7.87. The Morgan fingerprint density at radius 1 is 0.923 bits per heavy atom. The summed E-state index contributed by atoms with van der Waals surface area (Å²) >= 11 is 0. The van der Waals surface area contributed by atoms with Gasteiger partial charge in [0, 0.05) is 6.20 Å². The number of aryl methyl sites for hydroxylation is 1. The summed E-state index contributed by atoms with van der Waals surface area (Å²) in [6.07, 6.45) is 12.0. The van der Waals surface area contributed by atoms with Gasteiger partial charge in [0.05, 0.1) is 6.54 Å². The van der Waals surface area contributed by atoms with Crippen molar-refractivity contribution < 1.29 is 35.3 Å². The number of alkyl halides is 3. The molecular formula is C29H30F3NO5S. The second-order valence-corrected chi connectivity index (χ2v) is 11.8. The summed E-state index contributed by atoms with van der Waals surface area (Å²) in [5.41, 5.74) is -0.392. The van der Waals surface area contributed by atoms with E-state index in [0.29, 0.717) is 0 Å². The summed E-state index contributed by atoms with van der Waals surface area (Å²) in [5.74, 6) is -0.521. The third-order valence-corrected chi connectivity index (χ3v) is 7.21. The van der Waals surface area contributed by atoms with Gasteiger partial charge in [-0.1, -0.05) is 48.6 Å². The Bertz CT molecular complexity index is 1550. The van der Waals surface area contributed by atoms with Gasteiger partial charge in [0.2, 0.25) is 0 Å². The Kier molecular flexibility index (Phi) is 7.97. The van der Waals surface area contributed by atoms with Gasteiger partial charge < -0.3 is 8.92 Å². The van der Waals surface area contributed by atoms with Gasteiger partial charge in [0.1, 0.15) is 11.4 Å². The number of amides is 1. The van der Waals surface area contributed by atoms with Crippen LogP contribution in [0.3, 0.4) is 0 Å². The molecule has 1 aliphatic heterocycles. The maximum absolute atomic E-state index is 12.1. The molecule has 1 amide bonds. The van der Waals surface area contributed by atoms with Crippen LogP contribution in [0.25, 0.3) is 23.3 Å². The number of fused-ring (bicyclic) bond motifs is 5. The maximum Gasteiger partial charge on any atom is 0.534 e. The fourth-order valence-corrected chi connectivity index (χ4v) is 4.95. The summed E-state index contributed by atoms with van der Waals surface area (Å²) < 4.78 is 66.9. The van der Waals surface area contributed by atoms with Crippen molar-refractivity contribution in [3.05, 3.63) is 82.1 Å². The van der Waals surface area contributed by atoms with Gasteiger partial charge in [0.25, 0.3) is 0 Å². The molecule has 1 heterocycles. The van der Waals surface area contributed by atoms with E-state index in [4.69, 9.17) is 4.74 Å². The highest BCUT2D eigenvalue weighted by Gasteiger charge is 2.48. The Hall–Kier alpha value is -3.53. The maximum atomic E-state index is 12.1. The Morgan fingerprint density at radius 3 is 2.33 bits per heavy atom. The third kappa shape index (κ3) is 6.73. The van der Waals surface area contributed by atoms with Crippen LogP contribution in [-0.2, 0) is 31.9 Å². The number of halogens is 3. The Labute approximate surface area is 225 Å². The van der Waals surface area contributed by atoms with E-state index < -0.39 is 33.1 Å². The molecule has 208 valence electrons. The van der Waals surface area contributed by atoms with E-state index in [9.17, 15) is 26.4 Å². The van der Waals surface area contributed by atoms with E-state index in [2.05, 4.69) is 52.7 Å². The normalized spacial score (nSPS) is 16.2. The van der Waals surface area contributed by atoms with Crippen molar-refractivity contribution in [2.75, 3.05) is 6.54 Å². The highest BCUT2D eigenvalue weighted by atomic mass is 32.2. The van der Waals surface area contributed by atoms with Gasteiger partial charge in [-0.25, -0.2) is 4.79 Å². The second kappa shape index (κ2) is 10.9. The first-order valence-electron chi connectivity index (χ1n) is 12.5. The summed E-state index contributed by atoms with van der Waals surface area (Å²) in [5, 5.41) is 2.99. The van der Waals surface area contributed by atoms with Crippen LogP contribution in [0.1, 0.15) is 44.7 Å². The molecule has 0 saturated carbocycles. The lowest BCUT2D eigenvalue weighted by atomic mass is 9.87. The molecule has 0 unspecified atom stereocenters. The molecule has 2 aliphatic carbocycles. The van der Waals surface area contributed by atoms with E-state index in [0.717, 1.165) is 29.7 Å². The smallest absolute Gasteiger partial charge is 0.443 e. The summed E-state index contributed by atoms with van der Waals surface area (Å²) in [6, 6.07) is 13.5. The molecule has 2 aromatic carbocycles. The zero-order valence-electron chi connectivity index (χ0n) is 21.9. The average Bonchev–Trinajstić information content (AvgIpc) is 2.87. The van der Waals surface area contributed by atoms with Gasteiger partial charge in [-0.15, -0.1) is 0 Å². The number of carbonyl (C=O) groups excluding carboxylic acids is 1. The van der Waals surface area contributed by atoms with Crippen molar-refractivity contribution >= 4 is 28.4 Å². The Morgan fingerprint density at radius 2 is 1.67 bits per heavy atom. The topological polar surface area (TPSA) is 72.9 Å². The lowest BCUT2D eigenvalue weighted by Crippen LogP contribution is -2.35. The SMILES string of the molecule is C1=c2c(ccc3c2=CCc2ccccc2-3)CCC1.CC(C)(C)OC(=O)N1C=CC(OS(=O)(=O)C(F)(F)F)=CC1. The van der Waals surface area contributed by atoms with Crippen molar-refractivity contribution in [2.24, 2.45) is 0 Å². The minimum atomic E-state index is -5.72. The lowest BCUT2D eigenvalue weighted by Gasteiger charge is -2.26. The summed E-state index contributed by atoms with van der Waals surface area (Å²) in [6.45, 7) is 4.78. The number of ether oxygens (including phenoxy) is 1. The first-order chi connectivity index (χ1) is 18.2. The Balaban J connectivity index is 0.000000182. The molecule has 39 heavy (non-hydrogen) atoms. The molecule has 0 fully saturated rings. The van der Waals surface area contributed by atoms with Gasteiger partial charge in [-0.05, 0) is 91.3 Å². The molecule has 0 saturated heterocycles. The van der Waals surface area contributed by atoms with Gasteiger partial charge in [0.15, 0.2) is 0 Å². The summed E-state index contributed by atoms with van der Waals surface area (Å²) in [4.78, 5) is 12.7. The standard InChI is InChI=1S/C18H16.C11H14F3NO5S/c1-3-7-15-13(5-1)9-11-18-16-8-4-2-6-14(16)10-12-17(15)18;1-10(2,3)19-9(16)15-6-4-8(5-7-15)20-21(17,18)11(12,13)14/h1,3,5,7-8,10-12H,2,4,6,9H2;4-6H,7H2,1-3H3. The monoisotopic (exact) mass is 561 g/mol. The lowest BCUT2D eigenvalue weighted by molar-refractivity contribution is -0.0520. The van der Waals surface area contributed by atoms with Crippen LogP contribution in [0.15, 0.2) is 60.5 Å². The quantitative estimate of drug-likeness (QED) is 0.367. The van der Waals surface area contributed by atoms with Gasteiger partial charge in [-0.3, -0.25) is 4.90 Å². The first-order valence-corrected chi connectivity index (χ1v) is 14.0. The number of hydrogen-bond acceptors (Lipinski definition) is 5. The second-order valence-electron chi connectivity index (χ2n) is 10.3. The molecule has 3 aliphatic rings. The molecule has 10 heteroatoms. The van der Waals surface area contributed by atoms with E-state index >= 15 is 0 Å². The predicted octanol–water partition coefficient (Wildman–Crippen LogP) is 5.31. The number of hydrogen-bond donors (Lipinski definition) is 0. The number of carbonyl (C=O) groups is 1. The number of benzene rings is 2. The zero-order valence-corrected chi connectivity index (χ0v) is 22.7. The highest BCUT2D eigenvalue weighted by Crippen LogP contribution is 2.28. The average molecular weight is 562 g/mol. The first kappa shape index (κ1) is 28.5. The van der Waals surface area contributed by atoms with Crippen LogP contribution in [0.2, 0.25) is 0 Å². The molecule has 0 radical (unpaired) electrons. The zero-order chi connectivity index (χ0) is 28.4. The van der Waals surface area contributed by atoms with Crippen LogP contribution in [0.5, 0.6) is 0 Å². The van der Waals surface area contributed by atoms with Gasteiger partial charge >= 0.3 is 21.7 Å². The third-order valence-electron chi connectivity index (χ3n) is 6.24. The van der Waals surface area contributed by atoms with Crippen molar-refractivity contribution in [2.45, 2.75) is 57.6 Å². The molecule has 0 bridgehead atoms. The van der Waals surface area contributed by atoms with E-state index in [1.165, 1.54) is 52.0 Å². The number of rotatable bonds is 2. The van der Waals surface area contributed by atoms with Crippen LogP contribution < -0.4 is 10.4 Å². The van der Waals surface area contributed by atoms with Crippen LogP contribution in [-0.4, -0.2) is 37.1 Å². The van der Waals surface area contributed by atoms with E-state index in [-0.39, 0.29) is 6.54 Å². The van der Waals surface area contributed by atoms with Gasteiger partial charge in [-0.2, -0.15) is 21.6 Å². The van der Waals surface area contributed by atoms with Crippen molar-refractivity contribution in [3.63, 3.8) is 0 Å². The molecule has 0 aromatic heterocycles. The molecule has 2 aromatic rings. The van der Waals surface area contributed by atoms with Crippen molar-refractivity contribution in [1.82, 2.24) is 4.90 Å². The largest absolute Gasteiger partial charge is 0.534 e. The fourth-order valence-electron chi connectivity index (χ4n) is 4.48. The summed E-state index contributed by atoms with van der Waals surface area (Å²) in [7, 11) is -5.72. The van der Waals surface area contributed by atoms with Crippen LogP contribution >= 0.6 is 0 Å². The van der Waals surface area contributed by atoms with E-state index in [1.807, 2.05) is 0 Å². The minimum absolute atomic E-state index is 0.172.